The van der Waals surface area contributed by atoms with Gasteiger partial charge in [-0.15, -0.1) is 0 Å². The van der Waals surface area contributed by atoms with Crippen LogP contribution in [-0.4, -0.2) is 20.9 Å². The van der Waals surface area contributed by atoms with Gasteiger partial charge in [-0.1, -0.05) is 42.5 Å². The summed E-state index contributed by atoms with van der Waals surface area (Å²) in [6, 6.07) is 23.1. The maximum absolute atomic E-state index is 12.4. The molecule has 0 atom stereocenters. The van der Waals surface area contributed by atoms with Crippen molar-refractivity contribution < 1.29 is 13.2 Å². The number of amides is 1. The summed E-state index contributed by atoms with van der Waals surface area (Å²) >= 11 is 2.10. The Hall–Kier alpha value is -2.23. The molecule has 3 aromatic carbocycles. The van der Waals surface area contributed by atoms with E-state index >= 15 is 0 Å². The molecule has 0 spiro atoms. The smallest absolute Gasteiger partial charge is 0.256 e. The average Bonchev–Trinajstić information content (AvgIpc) is 2.69. The molecule has 3 rings (SSSR count). The third-order valence-corrected chi connectivity index (χ3v) is 6.51. The van der Waals surface area contributed by atoms with Gasteiger partial charge in [0.1, 0.15) is 0 Å². The third kappa shape index (κ3) is 5.40. The minimum Gasteiger partial charge on any atom is -0.322 e. The molecule has 1 amide bonds. The second-order valence-corrected chi connectivity index (χ2v) is 9.02. The second-order valence-electron chi connectivity index (χ2n) is 6.09. The van der Waals surface area contributed by atoms with Crippen molar-refractivity contribution in [3.63, 3.8) is 0 Å². The zero-order chi connectivity index (χ0) is 20.0. The van der Waals surface area contributed by atoms with E-state index in [1.807, 2.05) is 42.5 Å². The summed E-state index contributed by atoms with van der Waals surface area (Å²) in [7, 11) is -3.60. The van der Waals surface area contributed by atoms with Crippen molar-refractivity contribution in [2.24, 2.45) is 0 Å². The number of nitrogens with one attached hydrogen (secondary N) is 2. The molecule has 0 aliphatic carbocycles. The van der Waals surface area contributed by atoms with Gasteiger partial charge in [0.25, 0.3) is 5.91 Å². The molecule has 0 aliphatic heterocycles. The summed E-state index contributed by atoms with van der Waals surface area (Å²) in [5, 5.41) is 2.78. The van der Waals surface area contributed by atoms with E-state index in [4.69, 9.17) is 0 Å². The Balaban J connectivity index is 1.61. The van der Waals surface area contributed by atoms with Crippen molar-refractivity contribution in [1.82, 2.24) is 4.72 Å². The highest BCUT2D eigenvalue weighted by atomic mass is 127. The standard InChI is InChI=1S/C21H19IN2O3S/c22-20-9-5-4-8-19(20)21(25)24-17-10-12-18(13-11-17)28(26,27)23-15-14-16-6-2-1-3-7-16/h1-13,23H,14-15H2,(H,24,25). The zero-order valence-electron chi connectivity index (χ0n) is 14.9. The van der Waals surface area contributed by atoms with Crippen LogP contribution in [0.4, 0.5) is 5.69 Å². The molecule has 28 heavy (non-hydrogen) atoms. The van der Waals surface area contributed by atoms with E-state index in [1.54, 1.807) is 24.3 Å². The lowest BCUT2D eigenvalue weighted by Crippen LogP contribution is -2.26. The first-order chi connectivity index (χ1) is 13.5. The summed E-state index contributed by atoms with van der Waals surface area (Å²) in [5.74, 6) is -0.235. The number of hydrogen-bond donors (Lipinski definition) is 2. The molecular formula is C21H19IN2O3S. The van der Waals surface area contributed by atoms with Gasteiger partial charge in [0.2, 0.25) is 10.0 Å². The van der Waals surface area contributed by atoms with E-state index in [1.165, 1.54) is 12.1 Å². The number of benzene rings is 3. The lowest BCUT2D eigenvalue weighted by molar-refractivity contribution is 0.102. The number of anilines is 1. The fourth-order valence-electron chi connectivity index (χ4n) is 2.62. The van der Waals surface area contributed by atoms with Gasteiger partial charge in [-0.2, -0.15) is 0 Å². The van der Waals surface area contributed by atoms with Crippen LogP contribution in [0.25, 0.3) is 0 Å². The summed E-state index contributed by atoms with van der Waals surface area (Å²) in [4.78, 5) is 12.5. The van der Waals surface area contributed by atoms with Gasteiger partial charge >= 0.3 is 0 Å². The quantitative estimate of drug-likeness (QED) is 0.475. The van der Waals surface area contributed by atoms with Crippen LogP contribution in [0.5, 0.6) is 0 Å². The van der Waals surface area contributed by atoms with Gasteiger partial charge in [0.15, 0.2) is 0 Å². The van der Waals surface area contributed by atoms with Crippen LogP contribution in [0.15, 0.2) is 83.8 Å². The summed E-state index contributed by atoms with van der Waals surface area (Å²) in [5.41, 5.74) is 2.18. The maximum Gasteiger partial charge on any atom is 0.256 e. The van der Waals surface area contributed by atoms with E-state index in [0.29, 0.717) is 24.2 Å². The highest BCUT2D eigenvalue weighted by Gasteiger charge is 2.14. The number of carbonyl (C=O) groups excluding carboxylic acids is 1. The number of hydrogen-bond acceptors (Lipinski definition) is 3. The molecule has 0 radical (unpaired) electrons. The van der Waals surface area contributed by atoms with Gasteiger partial charge < -0.3 is 5.32 Å². The van der Waals surface area contributed by atoms with Crippen molar-refractivity contribution >= 4 is 44.2 Å². The maximum atomic E-state index is 12.4. The topological polar surface area (TPSA) is 75.3 Å². The van der Waals surface area contributed by atoms with E-state index in [0.717, 1.165) is 9.13 Å². The molecule has 7 heteroatoms. The Kier molecular flexibility index (Phi) is 6.82. The van der Waals surface area contributed by atoms with Crippen LogP contribution in [0, 0.1) is 3.57 Å². The van der Waals surface area contributed by atoms with Gasteiger partial charge in [-0.3, -0.25) is 4.79 Å². The molecule has 0 aliphatic rings. The summed E-state index contributed by atoms with van der Waals surface area (Å²) in [6.07, 6.45) is 0.615. The zero-order valence-corrected chi connectivity index (χ0v) is 17.9. The Bertz CT molecular complexity index is 1050. The minimum atomic E-state index is -3.60. The summed E-state index contributed by atoms with van der Waals surface area (Å²) < 4.78 is 28.3. The molecule has 0 heterocycles. The van der Waals surface area contributed by atoms with Crippen molar-refractivity contribution in [3.8, 4) is 0 Å². The SMILES string of the molecule is O=C(Nc1ccc(S(=O)(=O)NCCc2ccccc2)cc1)c1ccccc1I. The van der Waals surface area contributed by atoms with E-state index < -0.39 is 10.0 Å². The first kappa shape index (κ1) is 20.5. The number of carbonyl (C=O) groups is 1. The molecule has 0 unspecified atom stereocenters. The fourth-order valence-corrected chi connectivity index (χ4v) is 4.28. The highest BCUT2D eigenvalue weighted by Crippen LogP contribution is 2.17. The van der Waals surface area contributed by atoms with Gasteiger partial charge in [-0.25, -0.2) is 13.1 Å². The van der Waals surface area contributed by atoms with Gasteiger partial charge in [0.05, 0.1) is 10.5 Å². The predicted molar refractivity (Wildman–Crippen MR) is 119 cm³/mol. The van der Waals surface area contributed by atoms with Crippen LogP contribution >= 0.6 is 22.6 Å². The highest BCUT2D eigenvalue weighted by molar-refractivity contribution is 14.1. The lowest BCUT2D eigenvalue weighted by Gasteiger charge is -2.09. The van der Waals surface area contributed by atoms with Crippen molar-refractivity contribution in [1.29, 1.82) is 0 Å². The second kappa shape index (κ2) is 9.31. The van der Waals surface area contributed by atoms with Gasteiger partial charge in [-0.05, 0) is 71.0 Å². The fraction of sp³-hybridized carbons (Fsp3) is 0.0952. The molecule has 3 aromatic rings. The van der Waals surface area contributed by atoms with Crippen LogP contribution < -0.4 is 10.0 Å². The Morgan fingerprint density at radius 2 is 1.50 bits per heavy atom. The van der Waals surface area contributed by atoms with Crippen molar-refractivity contribution in [2.75, 3.05) is 11.9 Å². The minimum absolute atomic E-state index is 0.160. The Morgan fingerprint density at radius 3 is 2.18 bits per heavy atom. The van der Waals surface area contributed by atoms with Crippen LogP contribution in [0.3, 0.4) is 0 Å². The normalized spacial score (nSPS) is 11.2. The largest absolute Gasteiger partial charge is 0.322 e. The third-order valence-electron chi connectivity index (χ3n) is 4.09. The van der Waals surface area contributed by atoms with Crippen LogP contribution in [0.1, 0.15) is 15.9 Å². The first-order valence-electron chi connectivity index (χ1n) is 8.65. The molecule has 0 bridgehead atoms. The van der Waals surface area contributed by atoms with Crippen LogP contribution in [-0.2, 0) is 16.4 Å². The predicted octanol–water partition coefficient (Wildman–Crippen LogP) is 4.06. The molecule has 5 nitrogen and oxygen atoms in total. The summed E-state index contributed by atoms with van der Waals surface area (Å²) in [6.45, 7) is 0.317. The van der Waals surface area contributed by atoms with Crippen molar-refractivity contribution in [3.05, 3.63) is 93.6 Å². The Labute approximate surface area is 178 Å². The van der Waals surface area contributed by atoms with Gasteiger partial charge in [0, 0.05) is 15.8 Å². The molecular weight excluding hydrogens is 487 g/mol. The number of sulfonamides is 1. The van der Waals surface area contributed by atoms with Crippen molar-refractivity contribution in [2.45, 2.75) is 11.3 Å². The van der Waals surface area contributed by atoms with E-state index in [9.17, 15) is 13.2 Å². The lowest BCUT2D eigenvalue weighted by atomic mass is 10.2. The molecule has 0 saturated carbocycles. The van der Waals surface area contributed by atoms with Crippen LogP contribution in [0.2, 0.25) is 0 Å². The van der Waals surface area contributed by atoms with E-state index in [-0.39, 0.29) is 10.8 Å². The number of rotatable bonds is 7. The Morgan fingerprint density at radius 1 is 0.857 bits per heavy atom. The number of halogens is 1. The molecule has 0 saturated heterocycles. The molecule has 2 N–H and O–H groups in total. The molecule has 0 fully saturated rings. The average molecular weight is 506 g/mol. The molecule has 144 valence electrons. The van der Waals surface area contributed by atoms with E-state index in [2.05, 4.69) is 32.6 Å². The monoisotopic (exact) mass is 506 g/mol. The molecule has 0 aromatic heterocycles. The first-order valence-corrected chi connectivity index (χ1v) is 11.2.